The van der Waals surface area contributed by atoms with E-state index in [1.54, 1.807) is 12.4 Å². The molecule has 1 aromatic heterocycles. The predicted octanol–water partition coefficient (Wildman–Crippen LogP) is 1.43. The van der Waals surface area contributed by atoms with E-state index >= 15 is 0 Å². The first kappa shape index (κ1) is 16.1. The van der Waals surface area contributed by atoms with Crippen LogP contribution in [0.3, 0.4) is 0 Å². The predicted molar refractivity (Wildman–Crippen MR) is 84.2 cm³/mol. The summed E-state index contributed by atoms with van der Waals surface area (Å²) in [6, 6.07) is 3.68. The molecular formula is C15H19FN4O2S. The molecule has 23 heavy (non-hydrogen) atoms. The fourth-order valence-corrected chi connectivity index (χ4v) is 4.59. The molecule has 0 radical (unpaired) electrons. The van der Waals surface area contributed by atoms with Crippen molar-refractivity contribution in [2.24, 2.45) is 5.73 Å². The van der Waals surface area contributed by atoms with Crippen LogP contribution in [-0.4, -0.2) is 41.6 Å². The summed E-state index contributed by atoms with van der Waals surface area (Å²) in [4.78, 5) is -0.0528. The van der Waals surface area contributed by atoms with Crippen LogP contribution in [0.1, 0.15) is 18.4 Å². The second-order valence-corrected chi connectivity index (χ2v) is 7.61. The number of sulfonamides is 1. The maximum Gasteiger partial charge on any atom is 0.243 e. The molecule has 2 N–H and O–H groups in total. The standard InChI is InChI=1S/C15H19FN4O2S/c1-11-9-18-19(10-11)15-5-4-13(7-14(15)16)23(21,22)20-6-2-3-12(20)8-17/h4-5,7,9-10,12H,2-3,6,8,17H2,1H3/t12-/m0/s1. The van der Waals surface area contributed by atoms with Gasteiger partial charge < -0.3 is 5.73 Å². The Morgan fingerprint density at radius 3 is 2.83 bits per heavy atom. The molecule has 1 aromatic carbocycles. The number of benzene rings is 1. The molecule has 6 nitrogen and oxygen atoms in total. The third kappa shape index (κ3) is 2.89. The molecule has 0 saturated carbocycles. The number of rotatable bonds is 4. The summed E-state index contributed by atoms with van der Waals surface area (Å²) in [5, 5.41) is 4.04. The number of nitrogens with two attached hydrogens (primary N) is 1. The van der Waals surface area contributed by atoms with Crippen molar-refractivity contribution in [2.45, 2.75) is 30.7 Å². The van der Waals surface area contributed by atoms with Crippen LogP contribution in [0.15, 0.2) is 35.5 Å². The molecule has 3 rings (SSSR count). The van der Waals surface area contributed by atoms with Crippen LogP contribution in [0.25, 0.3) is 5.69 Å². The smallest absolute Gasteiger partial charge is 0.243 e. The van der Waals surface area contributed by atoms with Gasteiger partial charge in [-0.25, -0.2) is 17.5 Å². The summed E-state index contributed by atoms with van der Waals surface area (Å²) in [5.74, 6) is -0.627. The van der Waals surface area contributed by atoms with E-state index in [1.165, 1.54) is 21.1 Å². The number of nitrogens with zero attached hydrogens (tertiary/aromatic N) is 3. The molecule has 1 fully saturated rings. The van der Waals surface area contributed by atoms with Gasteiger partial charge in [0.15, 0.2) is 0 Å². The van der Waals surface area contributed by atoms with Crippen LogP contribution in [0, 0.1) is 12.7 Å². The van der Waals surface area contributed by atoms with E-state index in [0.717, 1.165) is 24.5 Å². The molecule has 2 aromatic rings. The maximum absolute atomic E-state index is 14.4. The topological polar surface area (TPSA) is 81.2 Å². The number of aryl methyl sites for hydroxylation is 1. The minimum atomic E-state index is -3.73. The Kier molecular flexibility index (Phi) is 4.22. The summed E-state index contributed by atoms with van der Waals surface area (Å²) in [7, 11) is -3.73. The second-order valence-electron chi connectivity index (χ2n) is 5.72. The van der Waals surface area contributed by atoms with Crippen LogP contribution < -0.4 is 5.73 Å². The van der Waals surface area contributed by atoms with Crippen molar-refractivity contribution in [1.29, 1.82) is 0 Å². The highest BCUT2D eigenvalue weighted by Crippen LogP contribution is 2.27. The first-order valence-corrected chi connectivity index (χ1v) is 8.90. The van der Waals surface area contributed by atoms with E-state index in [2.05, 4.69) is 5.10 Å². The van der Waals surface area contributed by atoms with Gasteiger partial charge in [0.05, 0.1) is 11.1 Å². The monoisotopic (exact) mass is 338 g/mol. The molecule has 124 valence electrons. The van der Waals surface area contributed by atoms with Gasteiger partial charge in [-0.2, -0.15) is 9.40 Å². The van der Waals surface area contributed by atoms with Gasteiger partial charge in [-0.1, -0.05) is 0 Å². The molecule has 1 aliphatic heterocycles. The van der Waals surface area contributed by atoms with Crippen LogP contribution in [-0.2, 0) is 10.0 Å². The van der Waals surface area contributed by atoms with Gasteiger partial charge in [0, 0.05) is 25.3 Å². The van der Waals surface area contributed by atoms with Gasteiger partial charge in [-0.15, -0.1) is 0 Å². The molecule has 1 atom stereocenters. The zero-order valence-corrected chi connectivity index (χ0v) is 13.6. The van der Waals surface area contributed by atoms with Crippen molar-refractivity contribution < 1.29 is 12.8 Å². The van der Waals surface area contributed by atoms with E-state index in [0.29, 0.717) is 6.54 Å². The summed E-state index contributed by atoms with van der Waals surface area (Å²) in [5.41, 5.74) is 6.75. The molecule has 0 unspecified atom stereocenters. The lowest BCUT2D eigenvalue weighted by molar-refractivity contribution is 0.392. The molecule has 1 saturated heterocycles. The van der Waals surface area contributed by atoms with Crippen molar-refractivity contribution in [3.05, 3.63) is 42.0 Å². The van der Waals surface area contributed by atoms with Gasteiger partial charge in [0.1, 0.15) is 11.5 Å². The summed E-state index contributed by atoms with van der Waals surface area (Å²) in [6.45, 7) is 2.54. The van der Waals surface area contributed by atoms with E-state index < -0.39 is 15.8 Å². The minimum Gasteiger partial charge on any atom is -0.329 e. The van der Waals surface area contributed by atoms with Crippen LogP contribution >= 0.6 is 0 Å². The maximum atomic E-state index is 14.4. The van der Waals surface area contributed by atoms with Gasteiger partial charge in [0.2, 0.25) is 10.0 Å². The third-order valence-corrected chi connectivity index (χ3v) is 6.03. The Bertz CT molecular complexity index is 819. The highest BCUT2D eigenvalue weighted by Gasteiger charge is 2.34. The lowest BCUT2D eigenvalue weighted by atomic mass is 10.2. The summed E-state index contributed by atoms with van der Waals surface area (Å²) >= 11 is 0. The minimum absolute atomic E-state index is 0.0528. The van der Waals surface area contributed by atoms with Crippen molar-refractivity contribution in [3.8, 4) is 5.69 Å². The molecule has 8 heteroatoms. The quantitative estimate of drug-likeness (QED) is 0.914. The molecular weight excluding hydrogens is 319 g/mol. The van der Waals surface area contributed by atoms with E-state index in [9.17, 15) is 12.8 Å². The van der Waals surface area contributed by atoms with E-state index in [1.807, 2.05) is 6.92 Å². The molecule has 2 heterocycles. The normalized spacial score (nSPS) is 19.3. The van der Waals surface area contributed by atoms with Crippen LogP contribution in [0.4, 0.5) is 4.39 Å². The molecule has 0 aliphatic carbocycles. The Hall–Kier alpha value is -1.77. The fraction of sp³-hybridized carbons (Fsp3) is 0.400. The summed E-state index contributed by atoms with van der Waals surface area (Å²) in [6.07, 6.45) is 4.80. The van der Waals surface area contributed by atoms with Crippen molar-refractivity contribution in [3.63, 3.8) is 0 Å². The van der Waals surface area contributed by atoms with Gasteiger partial charge in [0.25, 0.3) is 0 Å². The second kappa shape index (κ2) is 6.03. The van der Waals surface area contributed by atoms with Gasteiger partial charge in [-0.05, 0) is 43.5 Å². The first-order valence-electron chi connectivity index (χ1n) is 7.46. The number of hydrogen-bond donors (Lipinski definition) is 1. The molecule has 1 aliphatic rings. The largest absolute Gasteiger partial charge is 0.329 e. The average Bonchev–Trinajstić information content (AvgIpc) is 3.15. The molecule has 0 bridgehead atoms. The van der Waals surface area contributed by atoms with Gasteiger partial charge in [-0.3, -0.25) is 0 Å². The lowest BCUT2D eigenvalue weighted by Gasteiger charge is -2.23. The van der Waals surface area contributed by atoms with E-state index in [-0.39, 0.29) is 23.2 Å². The first-order chi connectivity index (χ1) is 10.9. The highest BCUT2D eigenvalue weighted by molar-refractivity contribution is 7.89. The summed E-state index contributed by atoms with van der Waals surface area (Å²) < 4.78 is 42.5. The van der Waals surface area contributed by atoms with Crippen LogP contribution in [0.5, 0.6) is 0 Å². The number of aromatic nitrogens is 2. The average molecular weight is 338 g/mol. The highest BCUT2D eigenvalue weighted by atomic mass is 32.2. The Labute approximate surface area is 134 Å². The molecule has 0 spiro atoms. The van der Waals surface area contributed by atoms with Gasteiger partial charge >= 0.3 is 0 Å². The van der Waals surface area contributed by atoms with Crippen molar-refractivity contribution in [2.75, 3.05) is 13.1 Å². The Morgan fingerprint density at radius 2 is 2.22 bits per heavy atom. The number of hydrogen-bond acceptors (Lipinski definition) is 4. The lowest BCUT2D eigenvalue weighted by Crippen LogP contribution is -2.39. The number of halogens is 1. The molecule has 0 amide bonds. The van der Waals surface area contributed by atoms with Crippen molar-refractivity contribution in [1.82, 2.24) is 14.1 Å². The SMILES string of the molecule is Cc1cnn(-c2ccc(S(=O)(=O)N3CCC[C@H]3CN)cc2F)c1. The third-order valence-electron chi connectivity index (χ3n) is 4.08. The Balaban J connectivity index is 1.96. The fourth-order valence-electron chi connectivity index (χ4n) is 2.88. The zero-order valence-electron chi connectivity index (χ0n) is 12.8. The van der Waals surface area contributed by atoms with E-state index in [4.69, 9.17) is 5.73 Å². The zero-order chi connectivity index (χ0) is 16.6. The Morgan fingerprint density at radius 1 is 1.43 bits per heavy atom. The van der Waals surface area contributed by atoms with Crippen LogP contribution in [0.2, 0.25) is 0 Å². The van der Waals surface area contributed by atoms with Crippen molar-refractivity contribution >= 4 is 10.0 Å².